The third-order valence-corrected chi connectivity index (χ3v) is 3.06. The van der Waals surface area contributed by atoms with Crippen LogP contribution >= 0.6 is 0 Å². The Kier molecular flexibility index (Phi) is 5.75. The zero-order valence-electron chi connectivity index (χ0n) is 10.3. The van der Waals surface area contributed by atoms with Crippen molar-refractivity contribution in [3.63, 3.8) is 0 Å². The topological polar surface area (TPSA) is 15.3 Å². The quantitative estimate of drug-likeness (QED) is 0.712. The second-order valence-electron chi connectivity index (χ2n) is 4.57. The van der Waals surface area contributed by atoms with Gasteiger partial charge >= 0.3 is 0 Å². The summed E-state index contributed by atoms with van der Waals surface area (Å²) < 4.78 is 0. The predicted molar refractivity (Wildman–Crippen MR) is 65.8 cm³/mol. The molecule has 0 spiro atoms. The minimum atomic E-state index is 0.668. The third kappa shape index (κ3) is 4.24. The molecule has 1 rings (SSSR count). The highest BCUT2D eigenvalue weighted by atomic mass is 15.2. The molecule has 2 nitrogen and oxygen atoms in total. The summed E-state index contributed by atoms with van der Waals surface area (Å²) in [6.07, 6.45) is 5.10. The molecule has 0 aromatic heterocycles. The SMILES string of the molecule is CNCC#CCC1CCCCN1C(C)C. The first-order valence-corrected chi connectivity index (χ1v) is 6.11. The molecule has 0 amide bonds. The maximum absolute atomic E-state index is 3.29. The molecular weight excluding hydrogens is 184 g/mol. The highest BCUT2D eigenvalue weighted by molar-refractivity contribution is 5.03. The zero-order chi connectivity index (χ0) is 11.1. The van der Waals surface area contributed by atoms with Gasteiger partial charge in [0.2, 0.25) is 0 Å². The van der Waals surface area contributed by atoms with Crippen LogP contribution in [0.2, 0.25) is 0 Å². The van der Waals surface area contributed by atoms with Crippen molar-refractivity contribution in [1.29, 1.82) is 0 Å². The molecule has 0 saturated carbocycles. The molecule has 1 unspecified atom stereocenters. The van der Waals surface area contributed by atoms with E-state index in [2.05, 4.69) is 35.9 Å². The minimum absolute atomic E-state index is 0.668. The highest BCUT2D eigenvalue weighted by Gasteiger charge is 2.23. The molecule has 0 radical (unpaired) electrons. The van der Waals surface area contributed by atoms with Gasteiger partial charge in [-0.05, 0) is 40.3 Å². The van der Waals surface area contributed by atoms with Crippen molar-refractivity contribution in [2.75, 3.05) is 20.1 Å². The van der Waals surface area contributed by atoms with E-state index < -0.39 is 0 Å². The van der Waals surface area contributed by atoms with Gasteiger partial charge in [0, 0.05) is 18.5 Å². The smallest absolute Gasteiger partial charge is 0.0574 e. The first-order valence-electron chi connectivity index (χ1n) is 6.11. The van der Waals surface area contributed by atoms with Crippen molar-refractivity contribution in [3.05, 3.63) is 0 Å². The number of nitrogens with zero attached hydrogens (tertiary/aromatic N) is 1. The van der Waals surface area contributed by atoms with Crippen LogP contribution in [0.15, 0.2) is 0 Å². The number of likely N-dealkylation sites (tertiary alicyclic amines) is 1. The van der Waals surface area contributed by atoms with Crippen molar-refractivity contribution in [2.45, 2.75) is 51.6 Å². The van der Waals surface area contributed by atoms with Crippen molar-refractivity contribution in [2.24, 2.45) is 0 Å². The lowest BCUT2D eigenvalue weighted by molar-refractivity contribution is 0.114. The van der Waals surface area contributed by atoms with Gasteiger partial charge in [-0.2, -0.15) is 0 Å². The molecule has 0 bridgehead atoms. The first-order chi connectivity index (χ1) is 7.25. The summed E-state index contributed by atoms with van der Waals surface area (Å²) in [5.74, 6) is 6.44. The van der Waals surface area contributed by atoms with Crippen molar-refractivity contribution in [3.8, 4) is 11.8 Å². The molecule has 1 saturated heterocycles. The number of hydrogen-bond donors (Lipinski definition) is 1. The molecule has 0 aliphatic carbocycles. The Morgan fingerprint density at radius 2 is 2.13 bits per heavy atom. The van der Waals surface area contributed by atoms with E-state index in [-0.39, 0.29) is 0 Å². The average Bonchev–Trinajstić information content (AvgIpc) is 2.25. The average molecular weight is 208 g/mol. The molecule has 1 heterocycles. The summed E-state index contributed by atoms with van der Waals surface area (Å²) in [7, 11) is 1.94. The summed E-state index contributed by atoms with van der Waals surface area (Å²) in [6.45, 7) is 6.66. The van der Waals surface area contributed by atoms with Gasteiger partial charge in [0.05, 0.1) is 6.54 Å². The van der Waals surface area contributed by atoms with E-state index in [0.29, 0.717) is 12.1 Å². The highest BCUT2D eigenvalue weighted by Crippen LogP contribution is 2.21. The Labute approximate surface area is 94.4 Å². The molecule has 1 atom stereocenters. The molecule has 2 heteroatoms. The monoisotopic (exact) mass is 208 g/mol. The minimum Gasteiger partial charge on any atom is -0.309 e. The van der Waals surface area contributed by atoms with Crippen molar-refractivity contribution in [1.82, 2.24) is 10.2 Å². The van der Waals surface area contributed by atoms with Gasteiger partial charge in [-0.15, -0.1) is 5.92 Å². The van der Waals surface area contributed by atoms with E-state index in [9.17, 15) is 0 Å². The van der Waals surface area contributed by atoms with Crippen LogP contribution in [0.3, 0.4) is 0 Å². The van der Waals surface area contributed by atoms with Crippen LogP contribution in [-0.4, -0.2) is 37.1 Å². The second kappa shape index (κ2) is 6.87. The van der Waals surface area contributed by atoms with Gasteiger partial charge in [-0.25, -0.2) is 0 Å². The Hall–Kier alpha value is -0.520. The number of nitrogens with one attached hydrogen (secondary N) is 1. The maximum Gasteiger partial charge on any atom is 0.0574 e. The van der Waals surface area contributed by atoms with E-state index in [0.717, 1.165) is 13.0 Å². The molecule has 15 heavy (non-hydrogen) atoms. The Bertz CT molecular complexity index is 224. The lowest BCUT2D eigenvalue weighted by atomic mass is 9.98. The fraction of sp³-hybridized carbons (Fsp3) is 0.846. The van der Waals surface area contributed by atoms with E-state index in [4.69, 9.17) is 0 Å². The van der Waals surface area contributed by atoms with E-state index in [1.807, 2.05) is 7.05 Å². The van der Waals surface area contributed by atoms with E-state index in [1.54, 1.807) is 0 Å². The Morgan fingerprint density at radius 1 is 1.33 bits per heavy atom. The van der Waals surface area contributed by atoms with Gasteiger partial charge in [0.15, 0.2) is 0 Å². The molecule has 0 aromatic rings. The first kappa shape index (κ1) is 12.5. The zero-order valence-corrected chi connectivity index (χ0v) is 10.3. The number of hydrogen-bond acceptors (Lipinski definition) is 2. The Balaban J connectivity index is 2.40. The van der Waals surface area contributed by atoms with Gasteiger partial charge in [0.1, 0.15) is 0 Å². The van der Waals surface area contributed by atoms with Gasteiger partial charge in [-0.3, -0.25) is 4.90 Å². The molecule has 0 aromatic carbocycles. The molecular formula is C13H24N2. The van der Waals surface area contributed by atoms with E-state index in [1.165, 1.54) is 25.8 Å². The fourth-order valence-corrected chi connectivity index (χ4v) is 2.26. The third-order valence-electron chi connectivity index (χ3n) is 3.06. The summed E-state index contributed by atoms with van der Waals surface area (Å²) in [4.78, 5) is 2.61. The summed E-state index contributed by atoms with van der Waals surface area (Å²) in [5, 5.41) is 3.05. The van der Waals surface area contributed by atoms with Crippen LogP contribution in [0.5, 0.6) is 0 Å². The van der Waals surface area contributed by atoms with Crippen LogP contribution < -0.4 is 5.32 Å². The largest absolute Gasteiger partial charge is 0.309 e. The van der Waals surface area contributed by atoms with Crippen LogP contribution in [-0.2, 0) is 0 Å². The predicted octanol–water partition coefficient (Wildman–Crippen LogP) is 1.86. The van der Waals surface area contributed by atoms with Crippen LogP contribution in [0.4, 0.5) is 0 Å². The van der Waals surface area contributed by atoms with E-state index >= 15 is 0 Å². The number of piperidine rings is 1. The van der Waals surface area contributed by atoms with Gasteiger partial charge < -0.3 is 5.32 Å². The maximum atomic E-state index is 3.29. The molecule has 86 valence electrons. The Morgan fingerprint density at radius 3 is 2.80 bits per heavy atom. The summed E-state index contributed by atoms with van der Waals surface area (Å²) >= 11 is 0. The van der Waals surface area contributed by atoms with Crippen LogP contribution in [0, 0.1) is 11.8 Å². The van der Waals surface area contributed by atoms with Crippen molar-refractivity contribution >= 4 is 0 Å². The van der Waals surface area contributed by atoms with Crippen molar-refractivity contribution < 1.29 is 0 Å². The summed E-state index contributed by atoms with van der Waals surface area (Å²) in [6, 6.07) is 1.37. The lowest BCUT2D eigenvalue weighted by Crippen LogP contribution is -2.43. The molecule has 1 N–H and O–H groups in total. The molecule has 1 aliphatic rings. The lowest BCUT2D eigenvalue weighted by Gasteiger charge is -2.37. The normalized spacial score (nSPS) is 22.5. The van der Waals surface area contributed by atoms with Crippen LogP contribution in [0.1, 0.15) is 39.5 Å². The molecule has 1 fully saturated rings. The van der Waals surface area contributed by atoms with Crippen LogP contribution in [0.25, 0.3) is 0 Å². The van der Waals surface area contributed by atoms with Gasteiger partial charge in [-0.1, -0.05) is 12.3 Å². The number of rotatable bonds is 3. The standard InChI is InChI=1S/C13H24N2/c1-12(2)15-11-7-5-9-13(15)8-4-6-10-14-3/h12-14H,5,7-11H2,1-3H3. The fourth-order valence-electron chi connectivity index (χ4n) is 2.26. The summed E-state index contributed by atoms with van der Waals surface area (Å²) in [5.41, 5.74) is 0. The van der Waals surface area contributed by atoms with Gasteiger partial charge in [0.25, 0.3) is 0 Å². The molecule has 1 aliphatic heterocycles. The second-order valence-corrected chi connectivity index (χ2v) is 4.57.